The Labute approximate surface area is 148 Å². The molecule has 2 aromatic rings. The second-order valence-electron chi connectivity index (χ2n) is 5.13. The number of ether oxygens (including phenoxy) is 2. The smallest absolute Gasteiger partial charge is 0.306 e. The van der Waals surface area contributed by atoms with Crippen molar-refractivity contribution in [2.45, 2.75) is 19.4 Å². The van der Waals surface area contributed by atoms with E-state index in [-0.39, 0.29) is 19.0 Å². The zero-order chi connectivity index (χ0) is 17.4. The molecule has 0 radical (unpaired) electrons. The number of esters is 1. The summed E-state index contributed by atoms with van der Waals surface area (Å²) in [6, 6.07) is 14.2. The van der Waals surface area contributed by atoms with E-state index < -0.39 is 5.91 Å². The van der Waals surface area contributed by atoms with Gasteiger partial charge in [0.15, 0.2) is 0 Å². The molecule has 0 aliphatic carbocycles. The fraction of sp³-hybridized carbons (Fsp3) is 0.222. The highest BCUT2D eigenvalue weighted by Gasteiger charge is 2.06. The van der Waals surface area contributed by atoms with Crippen LogP contribution in [0.3, 0.4) is 0 Å². The summed E-state index contributed by atoms with van der Waals surface area (Å²) in [6.07, 6.45) is 0.830. The van der Waals surface area contributed by atoms with Crippen LogP contribution in [0.2, 0.25) is 0 Å². The minimum Gasteiger partial charge on any atom is -0.494 e. The van der Waals surface area contributed by atoms with E-state index in [2.05, 4.69) is 15.9 Å². The monoisotopic (exact) mass is 391 g/mol. The van der Waals surface area contributed by atoms with Gasteiger partial charge in [0, 0.05) is 16.5 Å². The van der Waals surface area contributed by atoms with Crippen molar-refractivity contribution in [3.63, 3.8) is 0 Å². The van der Waals surface area contributed by atoms with E-state index in [1.54, 1.807) is 24.3 Å². The normalized spacial score (nSPS) is 10.2. The third kappa shape index (κ3) is 6.04. The molecule has 0 spiro atoms. The number of carbonyl (C=O) groups is 2. The highest BCUT2D eigenvalue weighted by Crippen LogP contribution is 2.18. The molecule has 0 aromatic heterocycles. The highest BCUT2D eigenvalue weighted by atomic mass is 79.9. The second-order valence-corrected chi connectivity index (χ2v) is 6.05. The lowest BCUT2D eigenvalue weighted by Crippen LogP contribution is -2.11. The van der Waals surface area contributed by atoms with Crippen LogP contribution in [0.4, 0.5) is 0 Å². The minimum atomic E-state index is -0.507. The van der Waals surface area contributed by atoms with Crippen molar-refractivity contribution in [2.24, 2.45) is 5.73 Å². The topological polar surface area (TPSA) is 78.6 Å². The molecule has 2 N–H and O–H groups in total. The van der Waals surface area contributed by atoms with Gasteiger partial charge in [0.1, 0.15) is 12.4 Å². The summed E-state index contributed by atoms with van der Waals surface area (Å²) < 4.78 is 11.7. The van der Waals surface area contributed by atoms with Crippen LogP contribution in [0.15, 0.2) is 53.0 Å². The van der Waals surface area contributed by atoms with Crippen LogP contribution < -0.4 is 10.5 Å². The highest BCUT2D eigenvalue weighted by molar-refractivity contribution is 9.10. The van der Waals surface area contributed by atoms with Gasteiger partial charge in [-0.1, -0.05) is 34.1 Å². The summed E-state index contributed by atoms with van der Waals surface area (Å²) in [7, 11) is 0. The standard InChI is InChI=1S/C18H18BrNO4/c19-15-6-2-7-16(11-15)23-9-3-8-17(21)24-12-13-4-1-5-14(10-13)18(20)22/h1-2,4-7,10-11H,3,8-9,12H2,(H2,20,22). The van der Waals surface area contributed by atoms with Gasteiger partial charge >= 0.3 is 5.97 Å². The summed E-state index contributed by atoms with van der Waals surface area (Å²) >= 11 is 3.37. The number of primary amides is 1. The van der Waals surface area contributed by atoms with Gasteiger partial charge in [-0.15, -0.1) is 0 Å². The Balaban J connectivity index is 1.68. The minimum absolute atomic E-state index is 0.118. The first-order valence-corrected chi connectivity index (χ1v) is 8.26. The van der Waals surface area contributed by atoms with Crippen molar-refractivity contribution in [3.8, 4) is 5.75 Å². The van der Waals surface area contributed by atoms with Crippen LogP contribution in [-0.2, 0) is 16.1 Å². The molecule has 0 saturated carbocycles. The lowest BCUT2D eigenvalue weighted by atomic mass is 10.1. The number of carbonyl (C=O) groups excluding carboxylic acids is 2. The Bertz CT molecular complexity index is 718. The molecular weight excluding hydrogens is 374 g/mol. The number of amides is 1. The molecule has 0 unspecified atom stereocenters. The van der Waals surface area contributed by atoms with Gasteiger partial charge in [0.25, 0.3) is 0 Å². The molecule has 0 saturated heterocycles. The third-order valence-electron chi connectivity index (χ3n) is 3.20. The van der Waals surface area contributed by atoms with Gasteiger partial charge < -0.3 is 15.2 Å². The van der Waals surface area contributed by atoms with Crippen LogP contribution >= 0.6 is 15.9 Å². The van der Waals surface area contributed by atoms with E-state index >= 15 is 0 Å². The van der Waals surface area contributed by atoms with Crippen molar-refractivity contribution in [1.82, 2.24) is 0 Å². The number of benzene rings is 2. The average molecular weight is 392 g/mol. The summed E-state index contributed by atoms with van der Waals surface area (Å²) in [6.45, 7) is 0.551. The van der Waals surface area contributed by atoms with Gasteiger partial charge in [0.05, 0.1) is 6.61 Å². The number of hydrogen-bond donors (Lipinski definition) is 1. The number of hydrogen-bond acceptors (Lipinski definition) is 4. The fourth-order valence-corrected chi connectivity index (χ4v) is 2.39. The van der Waals surface area contributed by atoms with E-state index in [1.807, 2.05) is 24.3 Å². The van der Waals surface area contributed by atoms with Gasteiger partial charge in [-0.05, 0) is 42.3 Å². The molecule has 126 valence electrons. The Morgan fingerprint density at radius 2 is 1.88 bits per heavy atom. The molecule has 1 amide bonds. The maximum Gasteiger partial charge on any atom is 0.306 e. The first-order valence-electron chi connectivity index (χ1n) is 7.47. The molecule has 6 heteroatoms. The SMILES string of the molecule is NC(=O)c1cccc(COC(=O)CCCOc2cccc(Br)c2)c1. The third-order valence-corrected chi connectivity index (χ3v) is 3.69. The van der Waals surface area contributed by atoms with E-state index in [0.29, 0.717) is 18.6 Å². The maximum atomic E-state index is 11.7. The predicted molar refractivity (Wildman–Crippen MR) is 93.6 cm³/mol. The summed E-state index contributed by atoms with van der Waals surface area (Å²) in [4.78, 5) is 22.8. The van der Waals surface area contributed by atoms with E-state index in [9.17, 15) is 9.59 Å². The Hall–Kier alpha value is -2.34. The maximum absolute atomic E-state index is 11.7. The number of halogens is 1. The largest absolute Gasteiger partial charge is 0.494 e. The van der Waals surface area contributed by atoms with Gasteiger partial charge in [0.2, 0.25) is 5.91 Å². The van der Waals surface area contributed by atoms with E-state index in [0.717, 1.165) is 15.8 Å². The van der Waals surface area contributed by atoms with Crippen molar-refractivity contribution < 1.29 is 19.1 Å². The van der Waals surface area contributed by atoms with Crippen molar-refractivity contribution in [3.05, 3.63) is 64.1 Å². The van der Waals surface area contributed by atoms with Crippen molar-refractivity contribution in [2.75, 3.05) is 6.61 Å². The molecule has 0 aliphatic rings. The van der Waals surface area contributed by atoms with Crippen LogP contribution in [0.25, 0.3) is 0 Å². The predicted octanol–water partition coefficient (Wildman–Crippen LogP) is 3.45. The lowest BCUT2D eigenvalue weighted by Gasteiger charge is -2.07. The molecule has 0 heterocycles. The molecule has 0 bridgehead atoms. The van der Waals surface area contributed by atoms with E-state index in [4.69, 9.17) is 15.2 Å². The van der Waals surface area contributed by atoms with Crippen LogP contribution in [0, 0.1) is 0 Å². The van der Waals surface area contributed by atoms with Gasteiger partial charge in [-0.25, -0.2) is 0 Å². The molecule has 2 aromatic carbocycles. The quantitative estimate of drug-likeness (QED) is 0.551. The first kappa shape index (κ1) is 18.0. The fourth-order valence-electron chi connectivity index (χ4n) is 2.01. The first-order chi connectivity index (χ1) is 11.5. The molecule has 24 heavy (non-hydrogen) atoms. The zero-order valence-electron chi connectivity index (χ0n) is 13.0. The molecule has 0 fully saturated rings. The summed E-state index contributed by atoms with van der Waals surface area (Å²) in [5, 5.41) is 0. The van der Waals surface area contributed by atoms with Gasteiger partial charge in [-0.3, -0.25) is 9.59 Å². The molecular formula is C18H18BrNO4. The van der Waals surface area contributed by atoms with Crippen molar-refractivity contribution >= 4 is 27.8 Å². The van der Waals surface area contributed by atoms with Crippen LogP contribution in [0.1, 0.15) is 28.8 Å². The average Bonchev–Trinajstić information content (AvgIpc) is 2.57. The van der Waals surface area contributed by atoms with Gasteiger partial charge in [-0.2, -0.15) is 0 Å². The van der Waals surface area contributed by atoms with Crippen molar-refractivity contribution in [1.29, 1.82) is 0 Å². The van der Waals surface area contributed by atoms with Crippen LogP contribution in [-0.4, -0.2) is 18.5 Å². The van der Waals surface area contributed by atoms with E-state index in [1.165, 1.54) is 0 Å². The Kier molecular flexibility index (Phi) is 6.81. The summed E-state index contributed by atoms with van der Waals surface area (Å²) in [5.41, 5.74) is 6.33. The van der Waals surface area contributed by atoms with Crippen LogP contribution in [0.5, 0.6) is 5.75 Å². The molecule has 0 atom stereocenters. The molecule has 2 rings (SSSR count). The second kappa shape index (κ2) is 9.08. The molecule has 5 nitrogen and oxygen atoms in total. The zero-order valence-corrected chi connectivity index (χ0v) is 14.6. The Morgan fingerprint density at radius 3 is 2.62 bits per heavy atom. The summed E-state index contributed by atoms with van der Waals surface area (Å²) in [5.74, 6) is -0.0637. The molecule has 0 aliphatic heterocycles. The Morgan fingerprint density at radius 1 is 1.08 bits per heavy atom. The number of rotatable bonds is 8. The number of nitrogens with two attached hydrogens (primary N) is 1. The lowest BCUT2D eigenvalue weighted by molar-refractivity contribution is -0.145.